The normalized spacial score (nSPS) is 16.3. The molecule has 0 spiro atoms. The fourth-order valence-electron chi connectivity index (χ4n) is 2.82. The minimum Gasteiger partial charge on any atom is -0.455 e. The second-order valence-corrected chi connectivity index (χ2v) is 8.79. The molecule has 1 aromatic carbocycles. The first-order valence-electron chi connectivity index (χ1n) is 8.74. The average Bonchev–Trinajstić information content (AvgIpc) is 2.63. The van der Waals surface area contributed by atoms with E-state index in [1.807, 2.05) is 26.0 Å². The van der Waals surface area contributed by atoms with Crippen LogP contribution < -0.4 is 5.32 Å². The monoisotopic (exact) mass is 382 g/mol. The van der Waals surface area contributed by atoms with Crippen LogP contribution in [0.3, 0.4) is 0 Å². The third-order valence-electron chi connectivity index (χ3n) is 4.68. The Bertz CT molecular complexity index is 768. The highest BCUT2D eigenvalue weighted by Crippen LogP contribution is 2.21. The Labute approximate surface area is 154 Å². The largest absolute Gasteiger partial charge is 0.455 e. The van der Waals surface area contributed by atoms with Crippen molar-refractivity contribution in [3.05, 3.63) is 29.3 Å². The summed E-state index contributed by atoms with van der Waals surface area (Å²) in [5.41, 5.74) is 2.85. The van der Waals surface area contributed by atoms with Crippen LogP contribution in [0.2, 0.25) is 0 Å². The minimum atomic E-state index is -3.22. The molecule has 1 fully saturated rings. The molecule has 1 amide bonds. The average molecular weight is 382 g/mol. The zero-order valence-corrected chi connectivity index (χ0v) is 16.3. The fourth-order valence-corrected chi connectivity index (χ4v) is 3.96. The highest BCUT2D eigenvalue weighted by molar-refractivity contribution is 7.89. The van der Waals surface area contributed by atoms with Gasteiger partial charge in [-0.15, -0.1) is 0 Å². The van der Waals surface area contributed by atoms with Gasteiger partial charge in [0.1, 0.15) is 0 Å². The highest BCUT2D eigenvalue weighted by Gasteiger charge is 2.31. The van der Waals surface area contributed by atoms with Gasteiger partial charge in [-0.3, -0.25) is 9.59 Å². The van der Waals surface area contributed by atoms with E-state index < -0.39 is 21.9 Å². The van der Waals surface area contributed by atoms with Gasteiger partial charge < -0.3 is 10.1 Å². The van der Waals surface area contributed by atoms with Gasteiger partial charge in [0, 0.05) is 18.8 Å². The smallest absolute Gasteiger partial charge is 0.309 e. The van der Waals surface area contributed by atoms with Crippen LogP contribution in [-0.4, -0.2) is 50.0 Å². The standard InChI is InChI=1S/C18H26N2O5S/c1-4-26(23,24)20-9-7-15(8-10-20)18(22)25-12-17(21)19-16-6-5-13(2)14(3)11-16/h5-6,11,15H,4,7-10,12H2,1-3H3,(H,19,21). The number of aryl methyl sites for hydroxylation is 2. The number of amides is 1. The Morgan fingerprint density at radius 2 is 1.85 bits per heavy atom. The maximum Gasteiger partial charge on any atom is 0.309 e. The van der Waals surface area contributed by atoms with Crippen molar-refractivity contribution in [2.45, 2.75) is 33.6 Å². The van der Waals surface area contributed by atoms with Gasteiger partial charge in [0.05, 0.1) is 11.7 Å². The van der Waals surface area contributed by atoms with Gasteiger partial charge in [-0.05, 0) is 56.9 Å². The third kappa shape index (κ3) is 5.28. The van der Waals surface area contributed by atoms with Gasteiger partial charge in [-0.1, -0.05) is 6.07 Å². The van der Waals surface area contributed by atoms with Crippen LogP contribution in [0.25, 0.3) is 0 Å². The summed E-state index contributed by atoms with van der Waals surface area (Å²) in [6.45, 7) is 5.81. The molecule has 8 heteroatoms. The summed E-state index contributed by atoms with van der Waals surface area (Å²) < 4.78 is 30.1. The molecular formula is C18H26N2O5S. The maximum atomic E-state index is 12.1. The van der Waals surface area contributed by atoms with E-state index in [-0.39, 0.29) is 18.3 Å². The Balaban J connectivity index is 1.78. The zero-order valence-electron chi connectivity index (χ0n) is 15.4. The number of nitrogens with zero attached hydrogens (tertiary/aromatic N) is 1. The maximum absolute atomic E-state index is 12.1. The van der Waals surface area contributed by atoms with Crippen LogP contribution in [0.5, 0.6) is 0 Å². The zero-order chi connectivity index (χ0) is 19.3. The second-order valence-electron chi connectivity index (χ2n) is 6.53. The predicted octanol–water partition coefficient (Wildman–Crippen LogP) is 1.85. The lowest BCUT2D eigenvalue weighted by Gasteiger charge is -2.29. The lowest BCUT2D eigenvalue weighted by atomic mass is 9.98. The van der Waals surface area contributed by atoms with Gasteiger partial charge in [0.2, 0.25) is 10.0 Å². The molecule has 1 saturated heterocycles. The van der Waals surface area contributed by atoms with E-state index in [1.54, 1.807) is 13.0 Å². The predicted molar refractivity (Wildman–Crippen MR) is 99.3 cm³/mol. The molecule has 1 aliphatic rings. The summed E-state index contributed by atoms with van der Waals surface area (Å²) in [5, 5.41) is 2.70. The molecule has 0 radical (unpaired) electrons. The van der Waals surface area contributed by atoms with Crippen LogP contribution in [0.15, 0.2) is 18.2 Å². The first-order chi connectivity index (χ1) is 12.2. The third-order valence-corrected chi connectivity index (χ3v) is 6.56. The first kappa shape index (κ1) is 20.4. The molecule has 1 N–H and O–H groups in total. The number of hydrogen-bond acceptors (Lipinski definition) is 5. The number of benzene rings is 1. The molecule has 0 bridgehead atoms. The van der Waals surface area contributed by atoms with Gasteiger partial charge in [-0.25, -0.2) is 12.7 Å². The van der Waals surface area contributed by atoms with E-state index in [4.69, 9.17) is 4.74 Å². The number of anilines is 1. The number of carbonyl (C=O) groups excluding carboxylic acids is 2. The lowest BCUT2D eigenvalue weighted by molar-refractivity contribution is -0.152. The van der Waals surface area contributed by atoms with Crippen molar-refractivity contribution >= 4 is 27.6 Å². The molecule has 0 aromatic heterocycles. The molecular weight excluding hydrogens is 356 g/mol. The summed E-state index contributed by atoms with van der Waals surface area (Å²) in [6.07, 6.45) is 0.827. The molecule has 0 aliphatic carbocycles. The van der Waals surface area contributed by atoms with E-state index in [0.29, 0.717) is 31.6 Å². The SMILES string of the molecule is CCS(=O)(=O)N1CCC(C(=O)OCC(=O)Nc2ccc(C)c(C)c2)CC1. The molecule has 0 unspecified atom stereocenters. The van der Waals surface area contributed by atoms with Crippen LogP contribution in [0.1, 0.15) is 30.9 Å². The van der Waals surface area contributed by atoms with E-state index in [0.717, 1.165) is 11.1 Å². The molecule has 1 aliphatic heterocycles. The molecule has 1 heterocycles. The number of carbonyl (C=O) groups is 2. The Kier molecular flexibility index (Phi) is 6.77. The number of sulfonamides is 1. The van der Waals surface area contributed by atoms with Gasteiger partial charge in [0.25, 0.3) is 5.91 Å². The molecule has 144 valence electrons. The molecule has 7 nitrogen and oxygen atoms in total. The first-order valence-corrected chi connectivity index (χ1v) is 10.4. The Hall–Kier alpha value is -1.93. The van der Waals surface area contributed by atoms with Gasteiger partial charge >= 0.3 is 5.97 Å². The molecule has 1 aromatic rings. The summed E-state index contributed by atoms with van der Waals surface area (Å²) in [4.78, 5) is 24.1. The quantitative estimate of drug-likeness (QED) is 0.758. The van der Waals surface area contributed by atoms with Gasteiger partial charge in [-0.2, -0.15) is 0 Å². The summed E-state index contributed by atoms with van der Waals surface area (Å²) in [6, 6.07) is 5.57. The van der Waals surface area contributed by atoms with Crippen LogP contribution in [0, 0.1) is 19.8 Å². The number of rotatable bonds is 6. The fraction of sp³-hybridized carbons (Fsp3) is 0.556. The van der Waals surface area contributed by atoms with Crippen LogP contribution in [0.4, 0.5) is 5.69 Å². The number of esters is 1. The van der Waals surface area contributed by atoms with Gasteiger partial charge in [0.15, 0.2) is 6.61 Å². The van der Waals surface area contributed by atoms with Crippen molar-refractivity contribution in [2.24, 2.45) is 5.92 Å². The second kappa shape index (κ2) is 8.64. The van der Waals surface area contributed by atoms with E-state index >= 15 is 0 Å². The number of nitrogens with one attached hydrogen (secondary N) is 1. The van der Waals surface area contributed by atoms with Crippen molar-refractivity contribution in [1.29, 1.82) is 0 Å². The molecule has 2 rings (SSSR count). The number of piperidine rings is 1. The van der Waals surface area contributed by atoms with Crippen LogP contribution >= 0.6 is 0 Å². The summed E-state index contributed by atoms with van der Waals surface area (Å²) >= 11 is 0. The van der Waals surface area contributed by atoms with Crippen LogP contribution in [-0.2, 0) is 24.3 Å². The van der Waals surface area contributed by atoms with Crippen molar-refractivity contribution in [2.75, 3.05) is 30.8 Å². The van der Waals surface area contributed by atoms with E-state index in [2.05, 4.69) is 5.32 Å². The Morgan fingerprint density at radius 3 is 2.42 bits per heavy atom. The summed E-state index contributed by atoms with van der Waals surface area (Å²) in [5.74, 6) is -1.16. The van der Waals surface area contributed by atoms with Crippen molar-refractivity contribution in [3.8, 4) is 0 Å². The highest BCUT2D eigenvalue weighted by atomic mass is 32.2. The molecule has 0 saturated carbocycles. The van der Waals surface area contributed by atoms with E-state index in [1.165, 1.54) is 4.31 Å². The van der Waals surface area contributed by atoms with Crippen molar-refractivity contribution in [3.63, 3.8) is 0 Å². The molecule has 26 heavy (non-hydrogen) atoms. The van der Waals surface area contributed by atoms with E-state index in [9.17, 15) is 18.0 Å². The van der Waals surface area contributed by atoms with Crippen molar-refractivity contribution in [1.82, 2.24) is 4.31 Å². The molecule has 0 atom stereocenters. The van der Waals surface area contributed by atoms with Crippen molar-refractivity contribution < 1.29 is 22.7 Å². The minimum absolute atomic E-state index is 0.0563. The Morgan fingerprint density at radius 1 is 1.19 bits per heavy atom. The number of hydrogen-bond donors (Lipinski definition) is 1. The number of ether oxygens (including phenoxy) is 1. The summed E-state index contributed by atoms with van der Waals surface area (Å²) in [7, 11) is -3.22. The lowest BCUT2D eigenvalue weighted by Crippen LogP contribution is -2.41. The topological polar surface area (TPSA) is 92.8 Å².